The van der Waals surface area contributed by atoms with Crippen molar-refractivity contribution >= 4 is 36.3 Å². The number of hydrogen-bond donors (Lipinski definition) is 0. The second-order valence-corrected chi connectivity index (χ2v) is 10.8. The van der Waals surface area contributed by atoms with Crippen LogP contribution in [0.1, 0.15) is 59.1 Å². The predicted octanol–water partition coefficient (Wildman–Crippen LogP) is 7.84. The van der Waals surface area contributed by atoms with Gasteiger partial charge in [-0.15, -0.1) is 0 Å². The van der Waals surface area contributed by atoms with E-state index in [1.165, 1.54) is 6.26 Å². The fourth-order valence-electron chi connectivity index (χ4n) is 4.96. The van der Waals surface area contributed by atoms with Crippen LogP contribution in [0.4, 0.5) is 4.79 Å². The summed E-state index contributed by atoms with van der Waals surface area (Å²) in [6, 6.07) is 27.6. The second kappa shape index (κ2) is 14.9. The minimum Gasteiger partial charge on any atom is -0.487 e. The van der Waals surface area contributed by atoms with E-state index in [9.17, 15) is 9.59 Å². The summed E-state index contributed by atoms with van der Waals surface area (Å²) < 4.78 is 22.2. The lowest BCUT2D eigenvalue weighted by molar-refractivity contribution is -0.130. The van der Waals surface area contributed by atoms with Gasteiger partial charge < -0.3 is 18.3 Å². The summed E-state index contributed by atoms with van der Waals surface area (Å²) in [7, 11) is 0. The summed E-state index contributed by atoms with van der Waals surface area (Å²) in [5.41, 5.74) is 4.42. The topological polar surface area (TPSA) is 108 Å². The molecule has 5 aromatic rings. The number of benzene rings is 3. The first-order valence-corrected chi connectivity index (χ1v) is 15.2. The van der Waals surface area contributed by atoms with E-state index in [1.54, 1.807) is 12.3 Å². The van der Waals surface area contributed by atoms with Crippen LogP contribution in [0.25, 0.3) is 24.3 Å². The first kappa shape index (κ1) is 30.3. The van der Waals surface area contributed by atoms with Gasteiger partial charge in [0.25, 0.3) is 5.91 Å². The molecule has 2 amide bonds. The molecule has 6 rings (SSSR count). The Kier molecular flexibility index (Phi) is 9.79. The van der Waals surface area contributed by atoms with Crippen LogP contribution in [0.2, 0.25) is 0 Å². The highest BCUT2D eigenvalue weighted by molar-refractivity contribution is 5.99. The monoisotopic (exact) mass is 615 g/mol. The molecular weight excluding hydrogens is 582 g/mol. The molecule has 0 aliphatic carbocycles. The summed E-state index contributed by atoms with van der Waals surface area (Å²) in [5, 5.41) is 0. The van der Waals surface area contributed by atoms with E-state index in [0.717, 1.165) is 46.6 Å². The van der Waals surface area contributed by atoms with Crippen LogP contribution in [-0.2, 0) is 29.1 Å². The maximum absolute atomic E-state index is 12.9. The number of carbonyl (C=O) groups is 2. The fraction of sp³-hybridized carbons (Fsp3) is 0.189. The highest BCUT2D eigenvalue weighted by Crippen LogP contribution is 2.22. The van der Waals surface area contributed by atoms with Gasteiger partial charge in [-0.3, -0.25) is 4.79 Å². The molecule has 1 saturated heterocycles. The van der Waals surface area contributed by atoms with Gasteiger partial charge in [0.05, 0.1) is 12.2 Å². The molecule has 3 aromatic carbocycles. The molecule has 0 N–H and O–H groups in total. The van der Waals surface area contributed by atoms with E-state index in [-0.39, 0.29) is 12.5 Å². The standard InChI is InChI=1S/C37H33N3O6/c41-36-33(46-37(42)40(36)23-30-24-44-34(38-30)21-17-27-9-3-1-4-10-27)14-8-7-13-29-15-19-32(20-16-29)43-25-31-26-45-35(39-31)22-18-28-11-5-2-6-12-28/h1-6,9-12,15-22,24,26,33H,7-8,13-14,23,25H2/b21-17+,22-18+. The van der Waals surface area contributed by atoms with Crippen molar-refractivity contribution in [1.82, 2.24) is 14.9 Å². The Balaban J connectivity index is 0.900. The zero-order valence-electron chi connectivity index (χ0n) is 25.2. The van der Waals surface area contributed by atoms with Gasteiger partial charge in [-0.2, -0.15) is 0 Å². The van der Waals surface area contributed by atoms with Crippen molar-refractivity contribution in [3.8, 4) is 5.75 Å². The van der Waals surface area contributed by atoms with Gasteiger partial charge >= 0.3 is 6.09 Å². The predicted molar refractivity (Wildman–Crippen MR) is 173 cm³/mol. The molecule has 1 aliphatic rings. The molecule has 46 heavy (non-hydrogen) atoms. The van der Waals surface area contributed by atoms with Gasteiger partial charge in [0, 0.05) is 12.2 Å². The third kappa shape index (κ3) is 8.26. The largest absolute Gasteiger partial charge is 0.487 e. The lowest BCUT2D eigenvalue weighted by Crippen LogP contribution is -2.31. The molecule has 1 aliphatic heterocycles. The third-order valence-corrected chi connectivity index (χ3v) is 7.39. The fourth-order valence-corrected chi connectivity index (χ4v) is 4.96. The molecule has 1 atom stereocenters. The molecule has 0 saturated carbocycles. The van der Waals surface area contributed by atoms with Crippen LogP contribution >= 0.6 is 0 Å². The van der Waals surface area contributed by atoms with Crippen molar-refractivity contribution in [2.24, 2.45) is 0 Å². The first-order valence-electron chi connectivity index (χ1n) is 15.2. The Hall–Kier alpha value is -5.70. The molecule has 9 nitrogen and oxygen atoms in total. The van der Waals surface area contributed by atoms with E-state index in [0.29, 0.717) is 36.2 Å². The molecule has 0 radical (unpaired) electrons. The number of carbonyl (C=O) groups excluding carboxylic acids is 2. The van der Waals surface area contributed by atoms with Gasteiger partial charge in [0.15, 0.2) is 6.10 Å². The van der Waals surface area contributed by atoms with Crippen LogP contribution in [-0.4, -0.2) is 33.0 Å². The maximum atomic E-state index is 12.9. The van der Waals surface area contributed by atoms with Crippen molar-refractivity contribution in [1.29, 1.82) is 0 Å². The number of aromatic nitrogens is 2. The van der Waals surface area contributed by atoms with Crippen LogP contribution in [0.15, 0.2) is 106 Å². The van der Waals surface area contributed by atoms with E-state index >= 15 is 0 Å². The zero-order chi connectivity index (χ0) is 31.6. The minimum atomic E-state index is -0.779. The highest BCUT2D eigenvalue weighted by Gasteiger charge is 2.40. The van der Waals surface area contributed by atoms with Gasteiger partial charge in [-0.1, -0.05) is 72.8 Å². The van der Waals surface area contributed by atoms with Gasteiger partial charge in [-0.25, -0.2) is 19.7 Å². The highest BCUT2D eigenvalue weighted by atomic mass is 16.6. The molecule has 0 spiro atoms. The Labute approximate surface area is 266 Å². The number of aryl methyl sites for hydroxylation is 1. The number of rotatable bonds is 14. The molecule has 1 fully saturated rings. The Morgan fingerprint density at radius 2 is 1.33 bits per heavy atom. The van der Waals surface area contributed by atoms with Crippen LogP contribution in [0.3, 0.4) is 0 Å². The number of ether oxygens (including phenoxy) is 2. The molecule has 9 heteroatoms. The first-order chi connectivity index (χ1) is 22.6. The SMILES string of the molecule is O=C1OC(CCCCc2ccc(OCc3coc(/C=C/c4ccccc4)n3)cc2)C(=O)N1Cc1coc(/C=C/c2ccccc2)n1. The number of amides is 2. The number of unbranched alkanes of at least 4 members (excludes halogenated alkanes) is 1. The van der Waals surface area contributed by atoms with Crippen LogP contribution in [0.5, 0.6) is 5.75 Å². The zero-order valence-corrected chi connectivity index (χ0v) is 25.2. The van der Waals surface area contributed by atoms with E-state index in [4.69, 9.17) is 18.3 Å². The number of imide groups is 1. The second-order valence-electron chi connectivity index (χ2n) is 10.8. The smallest absolute Gasteiger partial charge is 0.417 e. The average molecular weight is 616 g/mol. The van der Waals surface area contributed by atoms with Crippen molar-refractivity contribution in [3.63, 3.8) is 0 Å². The number of hydrogen-bond acceptors (Lipinski definition) is 8. The Morgan fingerprint density at radius 1 is 0.717 bits per heavy atom. The molecule has 232 valence electrons. The Bertz CT molecular complexity index is 1790. The van der Waals surface area contributed by atoms with Gasteiger partial charge in [-0.05, 0) is 66.7 Å². The van der Waals surface area contributed by atoms with E-state index < -0.39 is 12.2 Å². The number of oxazole rings is 2. The quantitative estimate of drug-likeness (QED) is 0.116. The van der Waals surface area contributed by atoms with Crippen molar-refractivity contribution < 1.29 is 27.9 Å². The van der Waals surface area contributed by atoms with Gasteiger partial charge in [0.1, 0.15) is 30.6 Å². The number of nitrogens with zero attached hydrogens (tertiary/aromatic N) is 3. The van der Waals surface area contributed by atoms with Crippen LogP contribution < -0.4 is 4.74 Å². The Morgan fingerprint density at radius 3 is 1.98 bits per heavy atom. The molecule has 3 heterocycles. The van der Waals surface area contributed by atoms with Crippen molar-refractivity contribution in [2.75, 3.05) is 0 Å². The average Bonchev–Trinajstić information content (AvgIpc) is 3.82. The molecule has 1 unspecified atom stereocenters. The summed E-state index contributed by atoms with van der Waals surface area (Å²) >= 11 is 0. The van der Waals surface area contributed by atoms with Crippen molar-refractivity contribution in [2.45, 2.75) is 44.9 Å². The lowest BCUT2D eigenvalue weighted by Gasteiger charge is -2.09. The molecule has 0 bridgehead atoms. The molecular formula is C37H33N3O6. The van der Waals surface area contributed by atoms with Gasteiger partial charge in [0.2, 0.25) is 11.8 Å². The minimum absolute atomic E-state index is 0.00833. The van der Waals surface area contributed by atoms with E-state index in [1.807, 2.05) is 103 Å². The summed E-state index contributed by atoms with van der Waals surface area (Å²) in [5.74, 6) is 1.31. The maximum Gasteiger partial charge on any atom is 0.417 e. The summed E-state index contributed by atoms with van der Waals surface area (Å²) in [4.78, 5) is 35.2. The lowest BCUT2D eigenvalue weighted by atomic mass is 10.0. The molecule has 2 aromatic heterocycles. The third-order valence-electron chi connectivity index (χ3n) is 7.39. The van der Waals surface area contributed by atoms with E-state index in [2.05, 4.69) is 9.97 Å². The van der Waals surface area contributed by atoms with Crippen LogP contribution in [0, 0.1) is 0 Å². The normalized spacial score (nSPS) is 14.9. The summed E-state index contributed by atoms with van der Waals surface area (Å²) in [6.45, 7) is 0.310. The summed E-state index contributed by atoms with van der Waals surface area (Å²) in [6.07, 6.45) is 11.9. The number of cyclic esters (lactones) is 1. The van der Waals surface area contributed by atoms with Crippen molar-refractivity contribution in [3.05, 3.63) is 137 Å².